The van der Waals surface area contributed by atoms with E-state index in [0.29, 0.717) is 30.3 Å². The van der Waals surface area contributed by atoms with Crippen molar-refractivity contribution in [3.63, 3.8) is 0 Å². The Labute approximate surface area is 124 Å². The van der Waals surface area contributed by atoms with Gasteiger partial charge < -0.3 is 19.5 Å². The number of benzene rings is 1. The van der Waals surface area contributed by atoms with Crippen molar-refractivity contribution < 1.29 is 14.2 Å². The molecule has 0 aliphatic heterocycles. The lowest BCUT2D eigenvalue weighted by Gasteiger charge is -2.14. The first-order valence-corrected chi connectivity index (χ1v) is 6.53. The number of hydrogen-bond acceptors (Lipinski definition) is 6. The van der Waals surface area contributed by atoms with E-state index in [1.807, 2.05) is 18.2 Å². The molecule has 112 valence electrons. The molecule has 6 heteroatoms. The van der Waals surface area contributed by atoms with E-state index in [4.69, 9.17) is 14.2 Å². The molecule has 2 rings (SSSR count). The Morgan fingerprint density at radius 1 is 1.00 bits per heavy atom. The average Bonchev–Trinajstić information content (AvgIpc) is 2.54. The summed E-state index contributed by atoms with van der Waals surface area (Å²) in [5, 5.41) is 3.32. The highest BCUT2D eigenvalue weighted by Crippen LogP contribution is 2.38. The van der Waals surface area contributed by atoms with Crippen LogP contribution in [0.5, 0.6) is 17.2 Å². The number of methoxy groups -OCH3 is 3. The van der Waals surface area contributed by atoms with E-state index in [1.54, 1.807) is 27.5 Å². The number of aromatic nitrogens is 2. The van der Waals surface area contributed by atoms with Crippen molar-refractivity contribution >= 4 is 0 Å². The second kappa shape index (κ2) is 7.44. The van der Waals surface area contributed by atoms with Crippen LogP contribution in [0.1, 0.15) is 11.3 Å². The molecule has 1 heterocycles. The fourth-order valence-corrected chi connectivity index (χ4v) is 2.00. The SMILES string of the molecule is COc1cc(CNCc2ccncn2)cc(OC)c1OC. The predicted molar refractivity (Wildman–Crippen MR) is 78.7 cm³/mol. The summed E-state index contributed by atoms with van der Waals surface area (Å²) in [6.45, 7) is 1.33. The minimum atomic E-state index is 0.597. The summed E-state index contributed by atoms with van der Waals surface area (Å²) >= 11 is 0. The van der Waals surface area contributed by atoms with Gasteiger partial charge in [0.25, 0.3) is 0 Å². The van der Waals surface area contributed by atoms with Gasteiger partial charge in [-0.2, -0.15) is 0 Å². The van der Waals surface area contributed by atoms with Gasteiger partial charge in [0.2, 0.25) is 5.75 Å². The molecule has 0 spiro atoms. The zero-order valence-electron chi connectivity index (χ0n) is 12.4. The number of ether oxygens (including phenoxy) is 3. The predicted octanol–water partition coefficient (Wildman–Crippen LogP) is 1.79. The highest BCUT2D eigenvalue weighted by Gasteiger charge is 2.12. The molecule has 1 aromatic heterocycles. The Morgan fingerprint density at radius 2 is 1.71 bits per heavy atom. The minimum Gasteiger partial charge on any atom is -0.493 e. The Hall–Kier alpha value is -2.34. The number of rotatable bonds is 7. The topological polar surface area (TPSA) is 65.5 Å². The van der Waals surface area contributed by atoms with E-state index in [1.165, 1.54) is 6.33 Å². The summed E-state index contributed by atoms with van der Waals surface area (Å²) in [7, 11) is 4.80. The summed E-state index contributed by atoms with van der Waals surface area (Å²) in [4.78, 5) is 8.05. The van der Waals surface area contributed by atoms with Crippen molar-refractivity contribution in [1.82, 2.24) is 15.3 Å². The van der Waals surface area contributed by atoms with Gasteiger partial charge in [-0.15, -0.1) is 0 Å². The largest absolute Gasteiger partial charge is 0.493 e. The van der Waals surface area contributed by atoms with Crippen LogP contribution in [0.15, 0.2) is 30.7 Å². The Morgan fingerprint density at radius 3 is 2.24 bits per heavy atom. The second-order valence-electron chi connectivity index (χ2n) is 4.34. The maximum atomic E-state index is 5.33. The number of hydrogen-bond donors (Lipinski definition) is 1. The van der Waals surface area contributed by atoms with Crippen molar-refractivity contribution in [2.24, 2.45) is 0 Å². The fourth-order valence-electron chi connectivity index (χ4n) is 2.00. The van der Waals surface area contributed by atoms with Crippen LogP contribution in [0.3, 0.4) is 0 Å². The van der Waals surface area contributed by atoms with E-state index in [2.05, 4.69) is 15.3 Å². The summed E-state index contributed by atoms with van der Waals surface area (Å²) in [6.07, 6.45) is 3.26. The van der Waals surface area contributed by atoms with Crippen LogP contribution in [0, 0.1) is 0 Å². The molecule has 0 aliphatic carbocycles. The summed E-state index contributed by atoms with van der Waals surface area (Å²) < 4.78 is 16.0. The average molecular weight is 289 g/mol. The first-order chi connectivity index (χ1) is 10.3. The van der Waals surface area contributed by atoms with Crippen molar-refractivity contribution in [1.29, 1.82) is 0 Å². The fraction of sp³-hybridized carbons (Fsp3) is 0.333. The zero-order chi connectivity index (χ0) is 15.1. The van der Waals surface area contributed by atoms with Gasteiger partial charge in [-0.1, -0.05) is 0 Å². The van der Waals surface area contributed by atoms with E-state index in [-0.39, 0.29) is 0 Å². The van der Waals surface area contributed by atoms with E-state index in [9.17, 15) is 0 Å². The number of nitrogens with zero attached hydrogens (tertiary/aromatic N) is 2. The summed E-state index contributed by atoms with van der Waals surface area (Å²) in [6, 6.07) is 5.73. The first kappa shape index (κ1) is 15.1. The second-order valence-corrected chi connectivity index (χ2v) is 4.34. The molecular formula is C15H19N3O3. The van der Waals surface area contributed by atoms with Crippen molar-refractivity contribution in [3.8, 4) is 17.2 Å². The maximum absolute atomic E-state index is 5.33. The van der Waals surface area contributed by atoms with Crippen LogP contribution in [0.4, 0.5) is 0 Å². The lowest BCUT2D eigenvalue weighted by molar-refractivity contribution is 0.323. The third-order valence-corrected chi connectivity index (χ3v) is 3.00. The third-order valence-electron chi connectivity index (χ3n) is 3.00. The normalized spacial score (nSPS) is 10.2. The standard InChI is InChI=1S/C15H19N3O3/c1-19-13-6-11(7-14(20-2)15(13)21-3)8-17-9-12-4-5-16-10-18-12/h4-7,10,17H,8-9H2,1-3H3. The van der Waals surface area contributed by atoms with Crippen LogP contribution in [0.25, 0.3) is 0 Å². The summed E-state index contributed by atoms with van der Waals surface area (Å²) in [5.74, 6) is 1.89. The molecule has 0 aliphatic rings. The van der Waals surface area contributed by atoms with Crippen molar-refractivity contribution in [2.45, 2.75) is 13.1 Å². The highest BCUT2D eigenvalue weighted by atomic mass is 16.5. The van der Waals surface area contributed by atoms with Gasteiger partial charge in [0.1, 0.15) is 6.33 Å². The van der Waals surface area contributed by atoms with E-state index in [0.717, 1.165) is 11.3 Å². The third kappa shape index (κ3) is 3.82. The van der Waals surface area contributed by atoms with Crippen LogP contribution < -0.4 is 19.5 Å². The molecule has 0 amide bonds. The highest BCUT2D eigenvalue weighted by molar-refractivity contribution is 5.53. The molecule has 0 bridgehead atoms. The first-order valence-electron chi connectivity index (χ1n) is 6.53. The lowest BCUT2D eigenvalue weighted by atomic mass is 10.1. The molecule has 0 atom stereocenters. The van der Waals surface area contributed by atoms with Crippen LogP contribution in [0.2, 0.25) is 0 Å². The van der Waals surface area contributed by atoms with Gasteiger partial charge in [0.05, 0.1) is 27.0 Å². The quantitative estimate of drug-likeness (QED) is 0.838. The van der Waals surface area contributed by atoms with Gasteiger partial charge in [0.15, 0.2) is 11.5 Å². The molecule has 0 radical (unpaired) electrons. The number of nitrogens with one attached hydrogen (secondary N) is 1. The Balaban J connectivity index is 2.06. The van der Waals surface area contributed by atoms with Crippen molar-refractivity contribution in [2.75, 3.05) is 21.3 Å². The van der Waals surface area contributed by atoms with Gasteiger partial charge in [0, 0.05) is 19.3 Å². The summed E-state index contributed by atoms with van der Waals surface area (Å²) in [5.41, 5.74) is 1.98. The van der Waals surface area contributed by atoms with Gasteiger partial charge >= 0.3 is 0 Å². The minimum absolute atomic E-state index is 0.597. The van der Waals surface area contributed by atoms with E-state index >= 15 is 0 Å². The zero-order valence-corrected chi connectivity index (χ0v) is 12.4. The molecule has 0 unspecified atom stereocenters. The van der Waals surface area contributed by atoms with E-state index < -0.39 is 0 Å². The molecular weight excluding hydrogens is 270 g/mol. The van der Waals surface area contributed by atoms with Gasteiger partial charge in [-0.05, 0) is 23.8 Å². The molecule has 0 saturated heterocycles. The van der Waals surface area contributed by atoms with Crippen molar-refractivity contribution in [3.05, 3.63) is 42.0 Å². The van der Waals surface area contributed by atoms with Gasteiger partial charge in [-0.3, -0.25) is 0 Å². The lowest BCUT2D eigenvalue weighted by Crippen LogP contribution is -2.14. The van der Waals surface area contributed by atoms with Crippen LogP contribution in [-0.2, 0) is 13.1 Å². The smallest absolute Gasteiger partial charge is 0.203 e. The van der Waals surface area contributed by atoms with Gasteiger partial charge in [-0.25, -0.2) is 9.97 Å². The molecule has 0 saturated carbocycles. The molecule has 0 fully saturated rings. The monoisotopic (exact) mass is 289 g/mol. The Bertz CT molecular complexity index is 551. The van der Waals surface area contributed by atoms with Crippen LogP contribution in [-0.4, -0.2) is 31.3 Å². The molecule has 21 heavy (non-hydrogen) atoms. The maximum Gasteiger partial charge on any atom is 0.203 e. The Kier molecular flexibility index (Phi) is 5.34. The molecule has 1 N–H and O–H groups in total. The molecule has 6 nitrogen and oxygen atoms in total. The van der Waals surface area contributed by atoms with Crippen LogP contribution >= 0.6 is 0 Å². The molecule has 1 aromatic carbocycles. The molecule has 2 aromatic rings.